The first-order chi connectivity index (χ1) is 8.66. The lowest BCUT2D eigenvalue weighted by atomic mass is 9.98. The summed E-state index contributed by atoms with van der Waals surface area (Å²) in [7, 11) is 4.24. The van der Waals surface area contributed by atoms with Crippen molar-refractivity contribution < 1.29 is 0 Å². The topological polar surface area (TPSA) is 31.9 Å². The van der Waals surface area contributed by atoms with E-state index in [4.69, 9.17) is 0 Å². The molecule has 3 nitrogen and oxygen atoms in total. The quantitative estimate of drug-likeness (QED) is 0.875. The minimum absolute atomic E-state index is 1.13. The van der Waals surface area contributed by atoms with Crippen LogP contribution in [-0.4, -0.2) is 35.7 Å². The van der Waals surface area contributed by atoms with Crippen LogP contribution in [0.1, 0.15) is 17.5 Å². The molecule has 0 amide bonds. The second-order valence-corrected chi connectivity index (χ2v) is 5.04. The van der Waals surface area contributed by atoms with Gasteiger partial charge in [0.25, 0.3) is 0 Å². The average molecular weight is 243 g/mol. The van der Waals surface area contributed by atoms with Gasteiger partial charge < -0.3 is 4.90 Å². The van der Waals surface area contributed by atoms with Crippen LogP contribution in [0.15, 0.2) is 30.6 Å². The van der Waals surface area contributed by atoms with Crippen molar-refractivity contribution in [3.8, 4) is 11.1 Å². The van der Waals surface area contributed by atoms with Crippen LogP contribution in [0.2, 0.25) is 0 Å². The number of aromatic nitrogens is 2. The summed E-state index contributed by atoms with van der Waals surface area (Å²) in [4.78, 5) is 2.23. The Bertz CT molecular complexity index is 486. The van der Waals surface area contributed by atoms with E-state index in [1.165, 1.54) is 23.1 Å². The van der Waals surface area contributed by atoms with Crippen molar-refractivity contribution in [2.24, 2.45) is 0 Å². The number of aryl methyl sites for hydroxylation is 2. The zero-order valence-corrected chi connectivity index (χ0v) is 11.4. The Morgan fingerprint density at radius 1 is 1.22 bits per heavy atom. The molecule has 0 fully saturated rings. The van der Waals surface area contributed by atoms with Crippen LogP contribution in [0.5, 0.6) is 0 Å². The Morgan fingerprint density at radius 3 is 2.72 bits per heavy atom. The molecule has 2 rings (SSSR count). The van der Waals surface area contributed by atoms with E-state index in [0.717, 1.165) is 18.5 Å². The molecule has 18 heavy (non-hydrogen) atoms. The van der Waals surface area contributed by atoms with Crippen molar-refractivity contribution in [1.29, 1.82) is 0 Å². The molecule has 1 aromatic heterocycles. The molecule has 0 aliphatic heterocycles. The number of rotatable bonds is 5. The fraction of sp³-hybridized carbons (Fsp3) is 0.400. The highest BCUT2D eigenvalue weighted by Gasteiger charge is 2.04. The van der Waals surface area contributed by atoms with E-state index in [-0.39, 0.29) is 0 Å². The molecule has 0 aliphatic carbocycles. The molecule has 1 heterocycles. The lowest BCUT2D eigenvalue weighted by Gasteiger charge is -2.11. The van der Waals surface area contributed by atoms with Crippen molar-refractivity contribution in [2.75, 3.05) is 20.6 Å². The maximum Gasteiger partial charge on any atom is 0.0565 e. The summed E-state index contributed by atoms with van der Waals surface area (Å²) in [5, 5.41) is 6.87. The zero-order valence-electron chi connectivity index (χ0n) is 11.4. The van der Waals surface area contributed by atoms with Crippen LogP contribution in [-0.2, 0) is 6.42 Å². The molecule has 2 aromatic rings. The van der Waals surface area contributed by atoms with Crippen molar-refractivity contribution in [3.05, 3.63) is 41.7 Å². The number of nitrogens with one attached hydrogen (secondary N) is 1. The van der Waals surface area contributed by atoms with E-state index in [1.807, 2.05) is 12.4 Å². The van der Waals surface area contributed by atoms with Gasteiger partial charge in [-0.05, 0) is 57.1 Å². The molecule has 0 radical (unpaired) electrons. The summed E-state index contributed by atoms with van der Waals surface area (Å²) in [5.74, 6) is 0. The minimum atomic E-state index is 1.13. The Kier molecular flexibility index (Phi) is 4.15. The molecule has 1 aromatic carbocycles. The SMILES string of the molecule is Cc1ccc(-c2cn[nH]c2)cc1CCCN(C)C. The largest absolute Gasteiger partial charge is 0.309 e. The first-order valence-electron chi connectivity index (χ1n) is 6.40. The van der Waals surface area contributed by atoms with Crippen LogP contribution in [0.25, 0.3) is 11.1 Å². The highest BCUT2D eigenvalue weighted by molar-refractivity contribution is 5.63. The number of aromatic amines is 1. The molecule has 0 atom stereocenters. The summed E-state index contributed by atoms with van der Waals surface area (Å²) in [6.45, 7) is 3.32. The summed E-state index contributed by atoms with van der Waals surface area (Å²) in [5.41, 5.74) is 5.22. The standard InChI is InChI=1S/C15H21N3/c1-12-6-7-14(15-10-16-17-11-15)9-13(12)5-4-8-18(2)3/h6-7,9-11H,4-5,8H2,1-3H3,(H,16,17). The van der Waals surface area contributed by atoms with Crippen molar-refractivity contribution in [1.82, 2.24) is 15.1 Å². The predicted molar refractivity (Wildman–Crippen MR) is 75.6 cm³/mol. The van der Waals surface area contributed by atoms with Crippen LogP contribution in [0, 0.1) is 6.92 Å². The summed E-state index contributed by atoms with van der Waals surface area (Å²) < 4.78 is 0. The summed E-state index contributed by atoms with van der Waals surface area (Å²) in [6, 6.07) is 6.65. The van der Waals surface area contributed by atoms with E-state index >= 15 is 0 Å². The molecular formula is C15H21N3. The first-order valence-corrected chi connectivity index (χ1v) is 6.40. The molecule has 3 heteroatoms. The molecule has 0 saturated heterocycles. The molecule has 0 spiro atoms. The first kappa shape index (κ1) is 12.8. The van der Waals surface area contributed by atoms with Gasteiger partial charge >= 0.3 is 0 Å². The van der Waals surface area contributed by atoms with E-state index in [1.54, 1.807) is 0 Å². The van der Waals surface area contributed by atoms with Crippen LogP contribution in [0.3, 0.4) is 0 Å². The Morgan fingerprint density at radius 2 is 2.06 bits per heavy atom. The predicted octanol–water partition coefficient (Wildman–Crippen LogP) is 2.88. The molecule has 1 N–H and O–H groups in total. The van der Waals surface area contributed by atoms with Crippen molar-refractivity contribution >= 4 is 0 Å². The molecular weight excluding hydrogens is 222 g/mol. The van der Waals surface area contributed by atoms with Crippen molar-refractivity contribution in [3.63, 3.8) is 0 Å². The molecule has 0 bridgehead atoms. The Hall–Kier alpha value is -1.61. The molecule has 0 unspecified atom stereocenters. The number of nitrogens with zero attached hydrogens (tertiary/aromatic N) is 2. The van der Waals surface area contributed by atoms with Gasteiger partial charge in [-0.15, -0.1) is 0 Å². The monoisotopic (exact) mass is 243 g/mol. The van der Waals surface area contributed by atoms with E-state index in [9.17, 15) is 0 Å². The third-order valence-electron chi connectivity index (χ3n) is 3.23. The van der Waals surface area contributed by atoms with Crippen LogP contribution < -0.4 is 0 Å². The van der Waals surface area contributed by atoms with Gasteiger partial charge in [-0.1, -0.05) is 18.2 Å². The fourth-order valence-corrected chi connectivity index (χ4v) is 2.11. The lowest BCUT2D eigenvalue weighted by Crippen LogP contribution is -2.13. The van der Waals surface area contributed by atoms with Crippen LogP contribution in [0.4, 0.5) is 0 Å². The van der Waals surface area contributed by atoms with E-state index in [2.05, 4.69) is 54.3 Å². The molecule has 96 valence electrons. The van der Waals surface area contributed by atoms with Gasteiger partial charge in [0, 0.05) is 11.8 Å². The van der Waals surface area contributed by atoms with E-state index in [0.29, 0.717) is 0 Å². The third-order valence-corrected chi connectivity index (χ3v) is 3.23. The fourth-order valence-electron chi connectivity index (χ4n) is 2.11. The number of benzene rings is 1. The minimum Gasteiger partial charge on any atom is -0.309 e. The normalized spacial score (nSPS) is 11.1. The number of hydrogen-bond acceptors (Lipinski definition) is 2. The second kappa shape index (κ2) is 5.83. The molecule has 0 saturated carbocycles. The third kappa shape index (κ3) is 3.20. The van der Waals surface area contributed by atoms with Crippen molar-refractivity contribution in [2.45, 2.75) is 19.8 Å². The van der Waals surface area contributed by atoms with Gasteiger partial charge in [0.05, 0.1) is 6.20 Å². The smallest absolute Gasteiger partial charge is 0.0565 e. The van der Waals surface area contributed by atoms with E-state index < -0.39 is 0 Å². The lowest BCUT2D eigenvalue weighted by molar-refractivity contribution is 0.400. The Labute approximate surface area is 109 Å². The maximum absolute atomic E-state index is 4.00. The highest BCUT2D eigenvalue weighted by atomic mass is 15.1. The van der Waals surface area contributed by atoms with Gasteiger partial charge in [-0.2, -0.15) is 5.10 Å². The van der Waals surface area contributed by atoms with Gasteiger partial charge in [0.15, 0.2) is 0 Å². The summed E-state index contributed by atoms with van der Waals surface area (Å²) in [6.07, 6.45) is 6.14. The Balaban J connectivity index is 2.12. The van der Waals surface area contributed by atoms with Gasteiger partial charge in [0.1, 0.15) is 0 Å². The molecule has 0 aliphatic rings. The average Bonchev–Trinajstić information content (AvgIpc) is 2.84. The maximum atomic E-state index is 4.00. The highest BCUT2D eigenvalue weighted by Crippen LogP contribution is 2.22. The number of H-pyrrole nitrogens is 1. The van der Waals surface area contributed by atoms with Gasteiger partial charge in [-0.3, -0.25) is 5.10 Å². The second-order valence-electron chi connectivity index (χ2n) is 5.04. The van der Waals surface area contributed by atoms with Crippen LogP contribution >= 0.6 is 0 Å². The number of hydrogen-bond donors (Lipinski definition) is 1. The van der Waals surface area contributed by atoms with Gasteiger partial charge in [-0.25, -0.2) is 0 Å². The zero-order chi connectivity index (χ0) is 13.0. The summed E-state index contributed by atoms with van der Waals surface area (Å²) >= 11 is 0. The van der Waals surface area contributed by atoms with Gasteiger partial charge in [0.2, 0.25) is 0 Å².